The summed E-state index contributed by atoms with van der Waals surface area (Å²) >= 11 is 0. The van der Waals surface area contributed by atoms with Crippen LogP contribution < -0.4 is 5.32 Å². The lowest BCUT2D eigenvalue weighted by molar-refractivity contribution is 0.0342. The van der Waals surface area contributed by atoms with Crippen molar-refractivity contribution in [3.05, 3.63) is 78.4 Å². The molecule has 1 aromatic heterocycles. The minimum atomic E-state index is 0.811. The van der Waals surface area contributed by atoms with Crippen LogP contribution in [0.3, 0.4) is 0 Å². The van der Waals surface area contributed by atoms with Gasteiger partial charge in [-0.05, 0) is 35.4 Å². The van der Waals surface area contributed by atoms with Crippen molar-refractivity contribution >= 4 is 5.69 Å². The summed E-state index contributed by atoms with van der Waals surface area (Å²) in [5.41, 5.74) is 4.88. The van der Waals surface area contributed by atoms with Crippen LogP contribution >= 0.6 is 0 Å². The monoisotopic (exact) mass is 348 g/mol. The molecule has 2 aromatic carbocycles. The number of rotatable bonds is 6. The SMILES string of the molecule is c1cc(CN2CCOCC2)cc(NCc2ccc(-n3ccnc3)cc2)c1. The average Bonchev–Trinajstić information content (AvgIpc) is 3.23. The third kappa shape index (κ3) is 4.31. The maximum absolute atomic E-state index is 5.42. The zero-order valence-electron chi connectivity index (χ0n) is 14.8. The average molecular weight is 348 g/mol. The predicted octanol–water partition coefficient (Wildman–Crippen LogP) is 3.32. The molecule has 3 aromatic rings. The van der Waals surface area contributed by atoms with Crippen molar-refractivity contribution < 1.29 is 4.74 Å². The quantitative estimate of drug-likeness (QED) is 0.742. The Morgan fingerprint density at radius 1 is 1.00 bits per heavy atom. The van der Waals surface area contributed by atoms with Crippen LogP contribution in [-0.2, 0) is 17.8 Å². The molecule has 4 rings (SSSR count). The van der Waals surface area contributed by atoms with E-state index in [1.807, 2.05) is 17.1 Å². The summed E-state index contributed by atoms with van der Waals surface area (Å²) < 4.78 is 7.43. The molecule has 0 atom stereocenters. The van der Waals surface area contributed by atoms with Gasteiger partial charge in [0.25, 0.3) is 0 Å². The van der Waals surface area contributed by atoms with Gasteiger partial charge in [0.1, 0.15) is 0 Å². The molecule has 0 bridgehead atoms. The van der Waals surface area contributed by atoms with E-state index in [9.17, 15) is 0 Å². The Morgan fingerprint density at radius 2 is 1.85 bits per heavy atom. The Bertz CT molecular complexity index is 808. The minimum absolute atomic E-state index is 0.811. The molecule has 5 heteroatoms. The van der Waals surface area contributed by atoms with Crippen LogP contribution in [0.15, 0.2) is 67.3 Å². The third-order valence-electron chi connectivity index (χ3n) is 4.67. The fraction of sp³-hybridized carbons (Fsp3) is 0.286. The molecule has 2 heterocycles. The fourth-order valence-electron chi connectivity index (χ4n) is 3.20. The molecular formula is C21H24N4O. The molecule has 0 unspecified atom stereocenters. The first-order valence-electron chi connectivity index (χ1n) is 9.07. The number of imidazole rings is 1. The predicted molar refractivity (Wildman–Crippen MR) is 103 cm³/mol. The lowest BCUT2D eigenvalue weighted by Gasteiger charge is -2.26. The second-order valence-corrected chi connectivity index (χ2v) is 6.58. The molecular weight excluding hydrogens is 324 g/mol. The van der Waals surface area contributed by atoms with E-state index in [1.54, 1.807) is 6.20 Å². The molecule has 1 aliphatic rings. The third-order valence-corrected chi connectivity index (χ3v) is 4.67. The van der Waals surface area contributed by atoms with E-state index >= 15 is 0 Å². The summed E-state index contributed by atoms with van der Waals surface area (Å²) in [6.07, 6.45) is 5.56. The number of benzene rings is 2. The largest absolute Gasteiger partial charge is 0.381 e. The van der Waals surface area contributed by atoms with Crippen molar-refractivity contribution in [3.8, 4) is 5.69 Å². The van der Waals surface area contributed by atoms with Gasteiger partial charge < -0.3 is 14.6 Å². The van der Waals surface area contributed by atoms with Crippen LogP contribution in [0, 0.1) is 0 Å². The summed E-state index contributed by atoms with van der Waals surface area (Å²) in [5, 5.41) is 3.53. The normalized spacial score (nSPS) is 15.1. The summed E-state index contributed by atoms with van der Waals surface area (Å²) in [6, 6.07) is 17.2. The van der Waals surface area contributed by atoms with Crippen LogP contribution in [0.25, 0.3) is 5.69 Å². The highest BCUT2D eigenvalue weighted by molar-refractivity contribution is 5.46. The van der Waals surface area contributed by atoms with E-state index in [2.05, 4.69) is 63.7 Å². The second kappa shape index (κ2) is 8.17. The molecule has 1 saturated heterocycles. The highest BCUT2D eigenvalue weighted by atomic mass is 16.5. The topological polar surface area (TPSA) is 42.3 Å². The van der Waals surface area contributed by atoms with Gasteiger partial charge in [-0.15, -0.1) is 0 Å². The Hall–Kier alpha value is -2.63. The van der Waals surface area contributed by atoms with Gasteiger partial charge in [-0.2, -0.15) is 0 Å². The molecule has 5 nitrogen and oxygen atoms in total. The number of aromatic nitrogens is 2. The first-order valence-corrected chi connectivity index (χ1v) is 9.07. The van der Waals surface area contributed by atoms with Crippen molar-refractivity contribution in [2.24, 2.45) is 0 Å². The molecule has 26 heavy (non-hydrogen) atoms. The Labute approximate surface area is 154 Å². The van der Waals surface area contributed by atoms with Gasteiger partial charge in [-0.1, -0.05) is 24.3 Å². The number of anilines is 1. The van der Waals surface area contributed by atoms with Gasteiger partial charge in [0, 0.05) is 49.9 Å². The maximum Gasteiger partial charge on any atom is 0.0991 e. The first kappa shape index (κ1) is 16.8. The number of hydrogen-bond donors (Lipinski definition) is 1. The van der Waals surface area contributed by atoms with Gasteiger partial charge in [0.15, 0.2) is 0 Å². The van der Waals surface area contributed by atoms with Crippen molar-refractivity contribution in [1.82, 2.24) is 14.5 Å². The van der Waals surface area contributed by atoms with Gasteiger partial charge >= 0.3 is 0 Å². The summed E-state index contributed by atoms with van der Waals surface area (Å²) in [4.78, 5) is 6.53. The van der Waals surface area contributed by atoms with Crippen LogP contribution in [0.1, 0.15) is 11.1 Å². The molecule has 1 N–H and O–H groups in total. The summed E-state index contributed by atoms with van der Waals surface area (Å²) in [7, 11) is 0. The number of nitrogens with one attached hydrogen (secondary N) is 1. The Kier molecular flexibility index (Phi) is 5.28. The highest BCUT2D eigenvalue weighted by Crippen LogP contribution is 2.16. The fourth-order valence-corrected chi connectivity index (χ4v) is 3.20. The van der Waals surface area contributed by atoms with Gasteiger partial charge in [0.2, 0.25) is 0 Å². The minimum Gasteiger partial charge on any atom is -0.381 e. The molecule has 0 amide bonds. The van der Waals surface area contributed by atoms with Gasteiger partial charge in [0.05, 0.1) is 19.5 Å². The maximum atomic E-state index is 5.42. The van der Waals surface area contributed by atoms with E-state index in [0.717, 1.165) is 50.8 Å². The lowest BCUT2D eigenvalue weighted by atomic mass is 10.1. The number of ether oxygens (including phenoxy) is 1. The van der Waals surface area contributed by atoms with Crippen LogP contribution in [0.4, 0.5) is 5.69 Å². The van der Waals surface area contributed by atoms with Gasteiger partial charge in [-0.25, -0.2) is 4.98 Å². The van der Waals surface area contributed by atoms with Gasteiger partial charge in [-0.3, -0.25) is 4.90 Å². The Balaban J connectivity index is 1.34. The molecule has 0 radical (unpaired) electrons. The first-order chi connectivity index (χ1) is 12.9. The van der Waals surface area contributed by atoms with E-state index < -0.39 is 0 Å². The molecule has 1 aliphatic heterocycles. The van der Waals surface area contributed by atoms with E-state index in [0.29, 0.717) is 0 Å². The van der Waals surface area contributed by atoms with Crippen molar-refractivity contribution in [2.75, 3.05) is 31.6 Å². The van der Waals surface area contributed by atoms with Crippen molar-refractivity contribution in [2.45, 2.75) is 13.1 Å². The summed E-state index contributed by atoms with van der Waals surface area (Å²) in [6.45, 7) is 5.51. The highest BCUT2D eigenvalue weighted by Gasteiger charge is 2.10. The molecule has 0 saturated carbocycles. The molecule has 1 fully saturated rings. The number of morpholine rings is 1. The molecule has 0 spiro atoms. The van der Waals surface area contributed by atoms with E-state index in [-0.39, 0.29) is 0 Å². The van der Waals surface area contributed by atoms with E-state index in [4.69, 9.17) is 4.74 Å². The van der Waals surface area contributed by atoms with Crippen LogP contribution in [0.2, 0.25) is 0 Å². The second-order valence-electron chi connectivity index (χ2n) is 6.58. The smallest absolute Gasteiger partial charge is 0.0991 e. The van der Waals surface area contributed by atoms with E-state index in [1.165, 1.54) is 11.1 Å². The van der Waals surface area contributed by atoms with Crippen LogP contribution in [-0.4, -0.2) is 40.8 Å². The summed E-state index contributed by atoms with van der Waals surface area (Å²) in [5.74, 6) is 0. The number of hydrogen-bond acceptors (Lipinski definition) is 4. The molecule has 0 aliphatic carbocycles. The Morgan fingerprint density at radius 3 is 2.62 bits per heavy atom. The van der Waals surface area contributed by atoms with Crippen LogP contribution in [0.5, 0.6) is 0 Å². The number of nitrogens with zero attached hydrogens (tertiary/aromatic N) is 3. The zero-order valence-corrected chi connectivity index (χ0v) is 14.8. The van der Waals surface area contributed by atoms with Crippen molar-refractivity contribution in [3.63, 3.8) is 0 Å². The lowest BCUT2D eigenvalue weighted by Crippen LogP contribution is -2.35. The zero-order chi connectivity index (χ0) is 17.6. The standard InChI is InChI=1S/C21H24N4O/c1-2-19(16-24-10-12-26-13-11-24)14-20(3-1)23-15-18-4-6-21(7-5-18)25-9-8-22-17-25/h1-9,14,17,23H,10-13,15-16H2. The van der Waals surface area contributed by atoms with Crippen molar-refractivity contribution in [1.29, 1.82) is 0 Å². The molecule has 134 valence electrons.